The quantitative estimate of drug-likeness (QED) is 0.651. The van der Waals surface area contributed by atoms with Gasteiger partial charge in [0, 0.05) is 30.2 Å². The Morgan fingerprint density at radius 3 is 2.29 bits per heavy atom. The van der Waals surface area contributed by atoms with Crippen molar-refractivity contribution in [3.8, 4) is 11.4 Å². The fourth-order valence-corrected chi connectivity index (χ4v) is 4.42. The topological polar surface area (TPSA) is 63.6 Å². The second kappa shape index (κ2) is 8.04. The Morgan fingerprint density at radius 1 is 0.903 bits per heavy atom. The molecule has 1 aromatic heterocycles. The van der Waals surface area contributed by atoms with Crippen molar-refractivity contribution in [3.05, 3.63) is 88.8 Å². The minimum Gasteiger partial charge on any atom is -0.489 e. The molecule has 6 heteroatoms. The highest BCUT2D eigenvalue weighted by Crippen LogP contribution is 2.42. The Labute approximate surface area is 181 Å². The molecule has 0 unspecified atom stereocenters. The van der Waals surface area contributed by atoms with Crippen LogP contribution in [0.25, 0.3) is 5.69 Å². The van der Waals surface area contributed by atoms with Crippen LogP contribution in [0.2, 0.25) is 0 Å². The SMILES string of the molecule is O=C1N(c2ccc(-n3ccc(OCc4ccccc4)cc3=O)cc2)CC12CCNCC2. The van der Waals surface area contributed by atoms with Gasteiger partial charge in [-0.15, -0.1) is 0 Å². The van der Waals surface area contributed by atoms with Crippen molar-refractivity contribution in [2.75, 3.05) is 24.5 Å². The van der Waals surface area contributed by atoms with E-state index < -0.39 is 0 Å². The number of amides is 1. The summed E-state index contributed by atoms with van der Waals surface area (Å²) in [5.74, 6) is 0.763. The number of nitrogens with one attached hydrogen (secondary N) is 1. The zero-order chi connectivity index (χ0) is 21.3. The van der Waals surface area contributed by atoms with Gasteiger partial charge in [-0.3, -0.25) is 14.2 Å². The average molecular weight is 415 g/mol. The Kier molecular flexibility index (Phi) is 5.08. The summed E-state index contributed by atoms with van der Waals surface area (Å²) in [5, 5.41) is 3.32. The molecule has 2 aliphatic rings. The minimum absolute atomic E-state index is 0.160. The number of carbonyl (C=O) groups excluding carboxylic acids is 1. The first-order valence-corrected chi connectivity index (χ1v) is 10.7. The molecule has 0 bridgehead atoms. The molecule has 1 N–H and O–H groups in total. The molecule has 0 saturated carbocycles. The fraction of sp³-hybridized carbons (Fsp3) is 0.280. The number of anilines is 1. The summed E-state index contributed by atoms with van der Waals surface area (Å²) < 4.78 is 7.32. The van der Waals surface area contributed by atoms with Gasteiger partial charge in [0.1, 0.15) is 12.4 Å². The summed E-state index contributed by atoms with van der Waals surface area (Å²) in [6, 6.07) is 20.7. The van der Waals surface area contributed by atoms with Gasteiger partial charge in [0.05, 0.1) is 5.41 Å². The van der Waals surface area contributed by atoms with Crippen molar-refractivity contribution in [1.82, 2.24) is 9.88 Å². The number of ether oxygens (including phenoxy) is 1. The van der Waals surface area contributed by atoms with Gasteiger partial charge in [-0.25, -0.2) is 0 Å². The van der Waals surface area contributed by atoms with Crippen molar-refractivity contribution in [2.45, 2.75) is 19.4 Å². The number of piperidine rings is 1. The van der Waals surface area contributed by atoms with Crippen LogP contribution in [0.5, 0.6) is 5.75 Å². The van der Waals surface area contributed by atoms with Crippen LogP contribution in [0, 0.1) is 5.41 Å². The lowest BCUT2D eigenvalue weighted by Crippen LogP contribution is -2.64. The third-order valence-electron chi connectivity index (χ3n) is 6.30. The van der Waals surface area contributed by atoms with E-state index in [9.17, 15) is 9.59 Å². The molecule has 0 aliphatic carbocycles. The zero-order valence-electron chi connectivity index (χ0n) is 17.3. The molecular formula is C25H25N3O3. The van der Waals surface area contributed by atoms with E-state index in [-0.39, 0.29) is 16.9 Å². The third kappa shape index (κ3) is 3.75. The first-order chi connectivity index (χ1) is 15.1. The molecule has 3 heterocycles. The van der Waals surface area contributed by atoms with Gasteiger partial charge < -0.3 is 15.0 Å². The van der Waals surface area contributed by atoms with E-state index >= 15 is 0 Å². The van der Waals surface area contributed by atoms with Gasteiger partial charge in [0.2, 0.25) is 5.91 Å². The second-order valence-electron chi connectivity index (χ2n) is 8.28. The highest BCUT2D eigenvalue weighted by Gasteiger charge is 2.52. The molecule has 2 fully saturated rings. The number of pyridine rings is 1. The molecule has 2 aromatic carbocycles. The molecular weight excluding hydrogens is 390 g/mol. The molecule has 2 aliphatic heterocycles. The molecule has 31 heavy (non-hydrogen) atoms. The van der Waals surface area contributed by atoms with Gasteiger partial charge in [-0.1, -0.05) is 30.3 Å². The van der Waals surface area contributed by atoms with E-state index in [0.717, 1.165) is 49.4 Å². The van der Waals surface area contributed by atoms with Crippen molar-refractivity contribution < 1.29 is 9.53 Å². The van der Waals surface area contributed by atoms with Crippen molar-refractivity contribution in [1.29, 1.82) is 0 Å². The fourth-order valence-electron chi connectivity index (χ4n) is 4.42. The first kappa shape index (κ1) is 19.6. The van der Waals surface area contributed by atoms with Crippen molar-refractivity contribution in [3.63, 3.8) is 0 Å². The van der Waals surface area contributed by atoms with E-state index in [0.29, 0.717) is 12.4 Å². The number of hydrogen-bond donors (Lipinski definition) is 1. The summed E-state index contributed by atoms with van der Waals surface area (Å²) >= 11 is 0. The van der Waals surface area contributed by atoms with E-state index in [1.807, 2.05) is 59.5 Å². The Bertz CT molecular complexity index is 1130. The van der Waals surface area contributed by atoms with Crippen LogP contribution >= 0.6 is 0 Å². The average Bonchev–Trinajstić information content (AvgIpc) is 2.83. The summed E-state index contributed by atoms with van der Waals surface area (Å²) in [4.78, 5) is 27.2. The summed E-state index contributed by atoms with van der Waals surface area (Å²) in [7, 11) is 0. The smallest absolute Gasteiger partial charge is 0.258 e. The van der Waals surface area contributed by atoms with E-state index in [4.69, 9.17) is 4.74 Å². The number of β-lactam (4-membered cyclic amide) rings is 1. The lowest BCUT2D eigenvalue weighted by atomic mass is 9.71. The van der Waals surface area contributed by atoms with E-state index in [2.05, 4.69) is 5.32 Å². The molecule has 5 rings (SSSR count). The van der Waals surface area contributed by atoms with Gasteiger partial charge in [0.25, 0.3) is 5.56 Å². The molecule has 0 atom stereocenters. The normalized spacial score (nSPS) is 17.4. The molecule has 1 amide bonds. The van der Waals surface area contributed by atoms with E-state index in [1.54, 1.807) is 16.8 Å². The molecule has 2 saturated heterocycles. The zero-order valence-corrected chi connectivity index (χ0v) is 17.3. The highest BCUT2D eigenvalue weighted by molar-refractivity contribution is 6.04. The van der Waals surface area contributed by atoms with Crippen LogP contribution in [-0.4, -0.2) is 30.1 Å². The Morgan fingerprint density at radius 2 is 1.61 bits per heavy atom. The van der Waals surface area contributed by atoms with Gasteiger partial charge in [0.15, 0.2) is 0 Å². The van der Waals surface area contributed by atoms with Crippen LogP contribution in [-0.2, 0) is 11.4 Å². The third-order valence-corrected chi connectivity index (χ3v) is 6.30. The highest BCUT2D eigenvalue weighted by atomic mass is 16.5. The standard InChI is InChI=1S/C25H25N3O3/c29-23-16-22(31-17-19-4-2-1-3-5-19)10-15-27(23)20-6-8-21(9-7-20)28-18-25(24(28)30)11-13-26-14-12-25/h1-10,15-16,26H,11-14,17-18H2. The summed E-state index contributed by atoms with van der Waals surface area (Å²) in [5.41, 5.74) is 2.36. The summed E-state index contributed by atoms with van der Waals surface area (Å²) in [6.45, 7) is 3.01. The van der Waals surface area contributed by atoms with Gasteiger partial charge in [-0.2, -0.15) is 0 Å². The summed E-state index contributed by atoms with van der Waals surface area (Å²) in [6.07, 6.45) is 3.54. The lowest BCUT2D eigenvalue weighted by Gasteiger charge is -2.50. The number of nitrogens with zero attached hydrogens (tertiary/aromatic N) is 2. The second-order valence-corrected chi connectivity index (χ2v) is 8.28. The Balaban J connectivity index is 1.27. The predicted octanol–water partition coefficient (Wildman–Crippen LogP) is 3.13. The van der Waals surface area contributed by atoms with Crippen LogP contribution in [0.3, 0.4) is 0 Å². The largest absolute Gasteiger partial charge is 0.489 e. The monoisotopic (exact) mass is 415 g/mol. The maximum absolute atomic E-state index is 12.8. The van der Waals surface area contributed by atoms with Gasteiger partial charge >= 0.3 is 0 Å². The number of aromatic nitrogens is 1. The lowest BCUT2D eigenvalue weighted by molar-refractivity contribution is -0.137. The maximum atomic E-state index is 12.8. The van der Waals surface area contributed by atoms with E-state index in [1.165, 1.54) is 6.07 Å². The molecule has 6 nitrogen and oxygen atoms in total. The number of benzene rings is 2. The maximum Gasteiger partial charge on any atom is 0.258 e. The van der Waals surface area contributed by atoms with Crippen LogP contribution < -0.4 is 20.5 Å². The predicted molar refractivity (Wildman–Crippen MR) is 120 cm³/mol. The molecule has 1 spiro atoms. The van der Waals surface area contributed by atoms with Crippen LogP contribution in [0.4, 0.5) is 5.69 Å². The molecule has 3 aromatic rings. The number of rotatable bonds is 5. The van der Waals surface area contributed by atoms with Crippen LogP contribution in [0.1, 0.15) is 18.4 Å². The minimum atomic E-state index is -0.170. The number of carbonyl (C=O) groups is 1. The molecule has 0 radical (unpaired) electrons. The van der Waals surface area contributed by atoms with Crippen LogP contribution in [0.15, 0.2) is 77.7 Å². The first-order valence-electron chi connectivity index (χ1n) is 10.7. The van der Waals surface area contributed by atoms with Crippen molar-refractivity contribution in [2.24, 2.45) is 5.41 Å². The number of hydrogen-bond acceptors (Lipinski definition) is 4. The Hall–Kier alpha value is -3.38. The molecule has 158 valence electrons. The van der Waals surface area contributed by atoms with Crippen molar-refractivity contribution >= 4 is 11.6 Å². The van der Waals surface area contributed by atoms with Gasteiger partial charge in [-0.05, 0) is 61.8 Å².